The Morgan fingerprint density at radius 3 is 2.82 bits per heavy atom. The molecule has 2 N–H and O–H groups in total. The van der Waals surface area contributed by atoms with Crippen LogP contribution >= 0.6 is 11.3 Å². The second kappa shape index (κ2) is 4.83. The van der Waals surface area contributed by atoms with Gasteiger partial charge in [-0.3, -0.25) is 9.59 Å². The largest absolute Gasteiger partial charge is 0.481 e. The Labute approximate surface area is 103 Å². The molecule has 6 heteroatoms. The summed E-state index contributed by atoms with van der Waals surface area (Å²) < 4.78 is 0. The van der Waals surface area contributed by atoms with Gasteiger partial charge in [0.15, 0.2) is 0 Å². The third kappa shape index (κ3) is 2.82. The minimum atomic E-state index is -0.772. The summed E-state index contributed by atoms with van der Waals surface area (Å²) in [6.07, 6.45) is 1.88. The highest BCUT2D eigenvalue weighted by molar-refractivity contribution is 7.09. The number of nitrogens with zero attached hydrogens (tertiary/aromatic N) is 1. The van der Waals surface area contributed by atoms with Crippen molar-refractivity contribution in [3.05, 3.63) is 16.1 Å². The van der Waals surface area contributed by atoms with E-state index in [0.717, 1.165) is 11.4 Å². The monoisotopic (exact) mass is 254 g/mol. The van der Waals surface area contributed by atoms with Gasteiger partial charge in [0.2, 0.25) is 0 Å². The maximum Gasteiger partial charge on any atom is 0.306 e. The van der Waals surface area contributed by atoms with Gasteiger partial charge in [0, 0.05) is 11.4 Å². The maximum absolute atomic E-state index is 11.8. The van der Waals surface area contributed by atoms with E-state index in [1.54, 1.807) is 5.38 Å². The molecule has 1 heterocycles. The molecule has 0 bridgehead atoms. The van der Waals surface area contributed by atoms with Gasteiger partial charge >= 0.3 is 5.97 Å². The predicted octanol–water partition coefficient (Wildman–Crippen LogP) is 1.43. The van der Waals surface area contributed by atoms with Gasteiger partial charge in [-0.2, -0.15) is 0 Å². The van der Waals surface area contributed by atoms with Crippen molar-refractivity contribution in [2.45, 2.75) is 32.2 Å². The number of amides is 1. The molecule has 1 amide bonds. The molecule has 0 aromatic carbocycles. The molecule has 0 radical (unpaired) electrons. The smallest absolute Gasteiger partial charge is 0.306 e. The highest BCUT2D eigenvalue weighted by Crippen LogP contribution is 2.25. The van der Waals surface area contributed by atoms with Crippen LogP contribution in [0.5, 0.6) is 0 Å². The molecule has 1 aromatic heterocycles. The topological polar surface area (TPSA) is 79.3 Å². The summed E-state index contributed by atoms with van der Waals surface area (Å²) in [6.45, 7) is 1.84. The fourth-order valence-corrected chi connectivity index (χ4v) is 2.66. The summed E-state index contributed by atoms with van der Waals surface area (Å²) in [4.78, 5) is 26.7. The predicted molar refractivity (Wildman–Crippen MR) is 63.1 cm³/mol. The van der Waals surface area contributed by atoms with E-state index >= 15 is 0 Å². The number of hydrogen-bond donors (Lipinski definition) is 2. The van der Waals surface area contributed by atoms with Crippen LogP contribution in [0.15, 0.2) is 5.38 Å². The van der Waals surface area contributed by atoms with Crippen LogP contribution in [-0.4, -0.2) is 28.0 Å². The Morgan fingerprint density at radius 1 is 1.53 bits per heavy atom. The van der Waals surface area contributed by atoms with Crippen molar-refractivity contribution in [2.24, 2.45) is 5.92 Å². The van der Waals surface area contributed by atoms with E-state index in [-0.39, 0.29) is 17.9 Å². The van der Waals surface area contributed by atoms with Crippen LogP contribution in [0.2, 0.25) is 0 Å². The van der Waals surface area contributed by atoms with Crippen LogP contribution in [-0.2, 0) is 4.79 Å². The lowest BCUT2D eigenvalue weighted by atomic mass is 10.1. The molecule has 5 nitrogen and oxygen atoms in total. The minimum Gasteiger partial charge on any atom is -0.481 e. The Morgan fingerprint density at radius 2 is 2.29 bits per heavy atom. The van der Waals surface area contributed by atoms with Crippen molar-refractivity contribution in [2.75, 3.05) is 0 Å². The van der Waals surface area contributed by atoms with E-state index < -0.39 is 5.97 Å². The number of nitrogens with one attached hydrogen (secondary N) is 1. The van der Waals surface area contributed by atoms with Crippen LogP contribution < -0.4 is 5.32 Å². The molecule has 0 aliphatic heterocycles. The number of hydrogen-bond acceptors (Lipinski definition) is 4. The fraction of sp³-hybridized carbons (Fsp3) is 0.545. The standard InChI is InChI=1S/C11H14N2O3S/c1-6-12-9(5-17-6)10(14)13-8-3-2-7(4-8)11(15)16/h5,7-8H,2-4H2,1H3,(H,13,14)(H,15,16)/t7-,8+/m1/s1. The van der Waals surface area contributed by atoms with Crippen molar-refractivity contribution in [3.63, 3.8) is 0 Å². The van der Waals surface area contributed by atoms with Gasteiger partial charge in [-0.05, 0) is 26.2 Å². The molecule has 0 spiro atoms. The minimum absolute atomic E-state index is 0.0365. The van der Waals surface area contributed by atoms with Crippen molar-refractivity contribution in [1.29, 1.82) is 0 Å². The third-order valence-corrected chi connectivity index (χ3v) is 3.74. The van der Waals surface area contributed by atoms with Gasteiger partial charge in [0.1, 0.15) is 5.69 Å². The van der Waals surface area contributed by atoms with E-state index in [0.29, 0.717) is 18.5 Å². The van der Waals surface area contributed by atoms with E-state index in [9.17, 15) is 9.59 Å². The molecule has 0 unspecified atom stereocenters. The van der Waals surface area contributed by atoms with Crippen LogP contribution in [0, 0.1) is 12.8 Å². The number of aromatic nitrogens is 1. The van der Waals surface area contributed by atoms with Crippen molar-refractivity contribution in [3.8, 4) is 0 Å². The number of carbonyl (C=O) groups is 2. The zero-order valence-corrected chi connectivity index (χ0v) is 10.3. The average molecular weight is 254 g/mol. The molecular formula is C11H14N2O3S. The highest BCUT2D eigenvalue weighted by Gasteiger charge is 2.30. The van der Waals surface area contributed by atoms with Crippen LogP contribution in [0.3, 0.4) is 0 Å². The van der Waals surface area contributed by atoms with Gasteiger partial charge in [-0.25, -0.2) is 4.98 Å². The van der Waals surface area contributed by atoms with Gasteiger partial charge in [-0.1, -0.05) is 0 Å². The number of carboxylic acid groups (broad SMARTS) is 1. The number of thiazole rings is 1. The summed E-state index contributed by atoms with van der Waals surface area (Å²) in [5, 5.41) is 14.3. The molecular weight excluding hydrogens is 240 g/mol. The van der Waals surface area contributed by atoms with Crippen LogP contribution in [0.25, 0.3) is 0 Å². The lowest BCUT2D eigenvalue weighted by Crippen LogP contribution is -2.33. The Balaban J connectivity index is 1.90. The molecule has 1 aliphatic rings. The zero-order valence-electron chi connectivity index (χ0n) is 9.47. The van der Waals surface area contributed by atoms with E-state index in [4.69, 9.17) is 5.11 Å². The Kier molecular flexibility index (Phi) is 3.42. The number of rotatable bonds is 3. The van der Waals surface area contributed by atoms with Gasteiger partial charge in [-0.15, -0.1) is 11.3 Å². The van der Waals surface area contributed by atoms with Gasteiger partial charge in [0.05, 0.1) is 10.9 Å². The number of carbonyl (C=O) groups excluding carboxylic acids is 1. The normalized spacial score (nSPS) is 23.6. The average Bonchev–Trinajstić information content (AvgIpc) is 2.86. The van der Waals surface area contributed by atoms with Crippen molar-refractivity contribution in [1.82, 2.24) is 10.3 Å². The first-order valence-corrected chi connectivity index (χ1v) is 6.40. The molecule has 0 saturated heterocycles. The van der Waals surface area contributed by atoms with E-state index in [1.807, 2.05) is 6.92 Å². The molecule has 1 saturated carbocycles. The molecule has 1 fully saturated rings. The van der Waals surface area contributed by atoms with Gasteiger partial charge < -0.3 is 10.4 Å². The fourth-order valence-electron chi connectivity index (χ4n) is 2.06. The number of carboxylic acids is 1. The first-order chi connectivity index (χ1) is 8.06. The van der Waals surface area contributed by atoms with Crippen LogP contribution in [0.1, 0.15) is 34.8 Å². The number of aryl methyl sites for hydroxylation is 1. The van der Waals surface area contributed by atoms with Crippen molar-refractivity contribution < 1.29 is 14.7 Å². The summed E-state index contributed by atoms with van der Waals surface area (Å²) >= 11 is 1.43. The summed E-state index contributed by atoms with van der Waals surface area (Å²) in [5.41, 5.74) is 0.422. The Bertz CT molecular complexity index is 444. The van der Waals surface area contributed by atoms with Crippen molar-refractivity contribution >= 4 is 23.2 Å². The molecule has 92 valence electrons. The lowest BCUT2D eigenvalue weighted by Gasteiger charge is -2.10. The zero-order chi connectivity index (χ0) is 12.4. The molecule has 2 atom stereocenters. The quantitative estimate of drug-likeness (QED) is 0.855. The third-order valence-electron chi connectivity index (χ3n) is 2.97. The van der Waals surface area contributed by atoms with Gasteiger partial charge in [0.25, 0.3) is 5.91 Å². The molecule has 17 heavy (non-hydrogen) atoms. The molecule has 1 aromatic rings. The second-order valence-electron chi connectivity index (χ2n) is 4.27. The number of aliphatic carboxylic acids is 1. The summed E-state index contributed by atoms with van der Waals surface area (Å²) in [6, 6.07) is -0.0365. The second-order valence-corrected chi connectivity index (χ2v) is 5.33. The first-order valence-electron chi connectivity index (χ1n) is 5.52. The maximum atomic E-state index is 11.8. The SMILES string of the molecule is Cc1nc(C(=O)N[C@H]2CC[C@@H](C(=O)O)C2)cs1. The molecule has 1 aliphatic carbocycles. The lowest BCUT2D eigenvalue weighted by molar-refractivity contribution is -0.141. The van der Waals surface area contributed by atoms with E-state index in [1.165, 1.54) is 11.3 Å². The highest BCUT2D eigenvalue weighted by atomic mass is 32.1. The van der Waals surface area contributed by atoms with E-state index in [2.05, 4.69) is 10.3 Å². The summed E-state index contributed by atoms with van der Waals surface area (Å²) in [5.74, 6) is -1.30. The van der Waals surface area contributed by atoms with Crippen LogP contribution in [0.4, 0.5) is 0 Å². The molecule has 2 rings (SSSR count). The summed E-state index contributed by atoms with van der Waals surface area (Å²) in [7, 11) is 0. The first kappa shape index (κ1) is 12.0. The Hall–Kier alpha value is -1.43.